The maximum absolute atomic E-state index is 13.4. The Labute approximate surface area is 107 Å². The number of carbonyl (C=O) groups excluding carboxylic acids is 1. The number of methoxy groups -OCH3 is 1. The summed E-state index contributed by atoms with van der Waals surface area (Å²) in [5.74, 6) is -0.870. The molecule has 1 fully saturated rings. The van der Waals surface area contributed by atoms with Crippen LogP contribution in [0.25, 0.3) is 0 Å². The zero-order chi connectivity index (χ0) is 12.4. The molecule has 1 heterocycles. The minimum absolute atomic E-state index is 0.0740. The lowest BCUT2D eigenvalue weighted by Crippen LogP contribution is -2.31. The number of carbonyl (C=O) groups is 1. The Hall–Kier alpha value is -0.910. The summed E-state index contributed by atoms with van der Waals surface area (Å²) in [6.45, 7) is 0. The highest BCUT2D eigenvalue weighted by Gasteiger charge is 2.38. The second-order valence-electron chi connectivity index (χ2n) is 4.26. The average molecular weight is 305 g/mol. The second-order valence-corrected chi connectivity index (χ2v) is 5.12. The van der Waals surface area contributed by atoms with Gasteiger partial charge in [0.25, 0.3) is 0 Å². The minimum atomic E-state index is -0.923. The molecule has 1 saturated carbocycles. The zero-order valence-corrected chi connectivity index (χ0v) is 11.0. The number of nitrogens with zero attached hydrogens (tertiary/aromatic N) is 1. The number of aromatic nitrogens is 2. The van der Waals surface area contributed by atoms with Gasteiger partial charge in [0.05, 0.1) is 23.2 Å². The van der Waals surface area contributed by atoms with Crippen molar-refractivity contribution in [3.8, 4) is 0 Å². The van der Waals surface area contributed by atoms with E-state index in [2.05, 4.69) is 26.1 Å². The lowest BCUT2D eigenvalue weighted by molar-refractivity contribution is -0.148. The van der Waals surface area contributed by atoms with Crippen LogP contribution in [0, 0.1) is 5.92 Å². The normalized spacial score (nSPS) is 29.0. The van der Waals surface area contributed by atoms with Crippen molar-refractivity contribution in [2.45, 2.75) is 31.4 Å². The third-order valence-corrected chi connectivity index (χ3v) is 3.90. The van der Waals surface area contributed by atoms with E-state index in [0.29, 0.717) is 12.8 Å². The molecule has 0 spiro atoms. The Morgan fingerprint density at radius 2 is 2.41 bits per heavy atom. The van der Waals surface area contributed by atoms with Crippen molar-refractivity contribution in [2.75, 3.05) is 7.11 Å². The molecule has 3 atom stereocenters. The third-order valence-electron chi connectivity index (χ3n) is 3.26. The number of nitrogens with one attached hydrogen (secondary N) is 1. The van der Waals surface area contributed by atoms with E-state index in [-0.39, 0.29) is 18.3 Å². The van der Waals surface area contributed by atoms with Crippen molar-refractivity contribution in [1.29, 1.82) is 0 Å². The number of aromatic amines is 1. The van der Waals surface area contributed by atoms with E-state index in [1.807, 2.05) is 0 Å². The van der Waals surface area contributed by atoms with Crippen LogP contribution in [0.5, 0.6) is 0 Å². The molecule has 0 saturated heterocycles. The molecule has 94 valence electrons. The summed E-state index contributed by atoms with van der Waals surface area (Å²) in [4.78, 5) is 11.7. The van der Waals surface area contributed by atoms with Crippen LogP contribution in [0.1, 0.15) is 30.9 Å². The lowest BCUT2D eigenvalue weighted by atomic mass is 9.76. The first kappa shape index (κ1) is 12.5. The number of rotatable bonds is 2. The van der Waals surface area contributed by atoms with Crippen molar-refractivity contribution >= 4 is 21.9 Å². The number of esters is 1. The molecule has 0 aromatic carbocycles. The maximum Gasteiger partial charge on any atom is 0.309 e. The van der Waals surface area contributed by atoms with Crippen LogP contribution in [0.15, 0.2) is 10.7 Å². The molecule has 17 heavy (non-hydrogen) atoms. The van der Waals surface area contributed by atoms with Gasteiger partial charge in [0.1, 0.15) is 6.17 Å². The van der Waals surface area contributed by atoms with Crippen LogP contribution >= 0.6 is 15.9 Å². The molecule has 0 amide bonds. The summed E-state index contributed by atoms with van der Waals surface area (Å²) < 4.78 is 19.0. The zero-order valence-electron chi connectivity index (χ0n) is 9.45. The Balaban J connectivity index is 2.24. The molecule has 1 N–H and O–H groups in total. The van der Waals surface area contributed by atoms with Crippen LogP contribution in [0.4, 0.5) is 4.39 Å². The molecule has 0 aliphatic heterocycles. The van der Waals surface area contributed by atoms with E-state index in [4.69, 9.17) is 4.74 Å². The predicted molar refractivity (Wildman–Crippen MR) is 63.3 cm³/mol. The molecule has 1 aliphatic rings. The standard InChI is InChI=1S/C11H14BrFN2O2/c1-17-11(16)8-4-6(13)2-3-7(8)10-9(12)5-14-15-10/h5-8H,2-4H2,1H3,(H,14,15)/t6-,7+,8+/m0/s1. The first-order chi connectivity index (χ1) is 8.13. The highest BCUT2D eigenvalue weighted by atomic mass is 79.9. The average Bonchev–Trinajstić information content (AvgIpc) is 2.74. The second kappa shape index (κ2) is 5.16. The fourth-order valence-corrected chi connectivity index (χ4v) is 2.89. The molecule has 0 radical (unpaired) electrons. The molecule has 6 heteroatoms. The third kappa shape index (κ3) is 2.51. The smallest absolute Gasteiger partial charge is 0.309 e. The Morgan fingerprint density at radius 1 is 1.65 bits per heavy atom. The molecule has 1 aromatic rings. The maximum atomic E-state index is 13.4. The van der Waals surface area contributed by atoms with E-state index in [1.165, 1.54) is 7.11 Å². The Kier molecular flexibility index (Phi) is 3.81. The van der Waals surface area contributed by atoms with Crippen LogP contribution in [0.3, 0.4) is 0 Å². The number of halogens is 2. The van der Waals surface area contributed by atoms with Gasteiger partial charge in [-0.1, -0.05) is 0 Å². The van der Waals surface area contributed by atoms with Crippen molar-refractivity contribution in [3.05, 3.63) is 16.4 Å². The molecule has 1 aromatic heterocycles. The summed E-state index contributed by atoms with van der Waals surface area (Å²) >= 11 is 3.38. The molecule has 1 aliphatic carbocycles. The Morgan fingerprint density at radius 3 is 3.00 bits per heavy atom. The molecule has 0 bridgehead atoms. The largest absolute Gasteiger partial charge is 0.469 e. The SMILES string of the molecule is COC(=O)[C@@H]1C[C@@H](F)CC[C@H]1c1n[nH]cc1Br. The number of hydrogen-bond acceptors (Lipinski definition) is 3. The van der Waals surface area contributed by atoms with E-state index in [1.54, 1.807) is 6.20 Å². The van der Waals surface area contributed by atoms with Crippen LogP contribution in [0.2, 0.25) is 0 Å². The van der Waals surface area contributed by atoms with Gasteiger partial charge in [-0.05, 0) is 35.2 Å². The summed E-state index contributed by atoms with van der Waals surface area (Å²) in [6.07, 6.45) is 2.09. The molecular weight excluding hydrogens is 291 g/mol. The van der Waals surface area contributed by atoms with Crippen LogP contribution < -0.4 is 0 Å². The number of alkyl halides is 1. The van der Waals surface area contributed by atoms with Gasteiger partial charge in [-0.25, -0.2) is 4.39 Å². The fourth-order valence-electron chi connectivity index (χ4n) is 2.40. The van der Waals surface area contributed by atoms with E-state index >= 15 is 0 Å². The monoisotopic (exact) mass is 304 g/mol. The highest BCUT2D eigenvalue weighted by Crippen LogP contribution is 2.41. The van der Waals surface area contributed by atoms with Gasteiger partial charge in [0.15, 0.2) is 0 Å². The molecule has 0 unspecified atom stereocenters. The van der Waals surface area contributed by atoms with Gasteiger partial charge in [0.2, 0.25) is 0 Å². The fraction of sp³-hybridized carbons (Fsp3) is 0.636. The van der Waals surface area contributed by atoms with Gasteiger partial charge >= 0.3 is 5.97 Å². The lowest BCUT2D eigenvalue weighted by Gasteiger charge is -2.30. The van der Waals surface area contributed by atoms with Gasteiger partial charge < -0.3 is 4.74 Å². The summed E-state index contributed by atoms with van der Waals surface area (Å²) in [6, 6.07) is 0. The number of hydrogen-bond donors (Lipinski definition) is 1. The van der Waals surface area contributed by atoms with Crippen molar-refractivity contribution in [3.63, 3.8) is 0 Å². The summed E-state index contributed by atoms with van der Waals surface area (Å²) in [7, 11) is 1.33. The summed E-state index contributed by atoms with van der Waals surface area (Å²) in [5.41, 5.74) is 0.785. The van der Waals surface area contributed by atoms with Gasteiger partial charge in [-0.3, -0.25) is 9.89 Å². The van der Waals surface area contributed by atoms with Crippen LogP contribution in [-0.2, 0) is 9.53 Å². The quantitative estimate of drug-likeness (QED) is 0.854. The molecule has 4 nitrogen and oxygen atoms in total. The van der Waals surface area contributed by atoms with Gasteiger partial charge in [-0.15, -0.1) is 0 Å². The van der Waals surface area contributed by atoms with E-state index in [9.17, 15) is 9.18 Å². The van der Waals surface area contributed by atoms with E-state index < -0.39 is 12.1 Å². The number of ether oxygens (including phenoxy) is 1. The molecule has 2 rings (SSSR count). The van der Waals surface area contributed by atoms with Crippen LogP contribution in [-0.4, -0.2) is 29.4 Å². The minimum Gasteiger partial charge on any atom is -0.469 e. The summed E-state index contributed by atoms with van der Waals surface area (Å²) in [5, 5.41) is 6.87. The first-order valence-corrected chi connectivity index (χ1v) is 6.33. The predicted octanol–water partition coefficient (Wildman–Crippen LogP) is 2.57. The van der Waals surface area contributed by atoms with Crippen molar-refractivity contribution < 1.29 is 13.9 Å². The van der Waals surface area contributed by atoms with Gasteiger partial charge in [0, 0.05) is 12.1 Å². The van der Waals surface area contributed by atoms with Crippen molar-refractivity contribution in [2.24, 2.45) is 5.92 Å². The van der Waals surface area contributed by atoms with E-state index in [0.717, 1.165) is 10.2 Å². The Bertz CT molecular complexity index is 410. The highest BCUT2D eigenvalue weighted by molar-refractivity contribution is 9.10. The molecular formula is C11H14BrFN2O2. The first-order valence-electron chi connectivity index (χ1n) is 5.54. The van der Waals surface area contributed by atoms with Crippen molar-refractivity contribution in [1.82, 2.24) is 10.2 Å². The van der Waals surface area contributed by atoms with Gasteiger partial charge in [-0.2, -0.15) is 5.10 Å². The topological polar surface area (TPSA) is 55.0 Å². The number of H-pyrrole nitrogens is 1.